The van der Waals surface area contributed by atoms with Gasteiger partial charge >= 0.3 is 0 Å². The highest BCUT2D eigenvalue weighted by Crippen LogP contribution is 2.37. The molecule has 0 aromatic carbocycles. The monoisotopic (exact) mass is 173 g/mol. The van der Waals surface area contributed by atoms with E-state index in [1.807, 2.05) is 6.07 Å². The molecule has 0 bridgehead atoms. The molecule has 3 heteroatoms. The van der Waals surface area contributed by atoms with Crippen molar-refractivity contribution in [1.29, 1.82) is 0 Å². The van der Waals surface area contributed by atoms with E-state index in [4.69, 9.17) is 5.73 Å². The maximum Gasteiger partial charge on any atom is 0.142 e. The number of nitrogens with two attached hydrogens (primary N) is 1. The largest absolute Gasteiger partial charge is 0.398 e. The molecule has 2 heterocycles. The molecule has 13 heavy (non-hydrogen) atoms. The van der Waals surface area contributed by atoms with Crippen LogP contribution < -0.4 is 5.73 Å². The van der Waals surface area contributed by atoms with Crippen molar-refractivity contribution in [3.63, 3.8) is 0 Å². The zero-order chi connectivity index (χ0) is 8.84. The quantitative estimate of drug-likeness (QED) is 0.716. The summed E-state index contributed by atoms with van der Waals surface area (Å²) in [5.41, 5.74) is 7.69. The van der Waals surface area contributed by atoms with Crippen LogP contribution in [-0.2, 0) is 0 Å². The molecule has 1 aliphatic rings. The molecule has 0 radical (unpaired) electrons. The van der Waals surface area contributed by atoms with Crippen LogP contribution in [0.1, 0.15) is 18.9 Å². The fraction of sp³-hybridized carbons (Fsp3) is 0.300. The summed E-state index contributed by atoms with van der Waals surface area (Å²) in [5.74, 6) is 0. The van der Waals surface area contributed by atoms with Gasteiger partial charge < -0.3 is 10.3 Å². The van der Waals surface area contributed by atoms with E-state index in [9.17, 15) is 0 Å². The van der Waals surface area contributed by atoms with Gasteiger partial charge in [0.1, 0.15) is 5.65 Å². The Morgan fingerprint density at radius 2 is 2.23 bits per heavy atom. The second kappa shape index (κ2) is 2.25. The maximum atomic E-state index is 5.84. The van der Waals surface area contributed by atoms with E-state index in [0.29, 0.717) is 6.04 Å². The molecule has 66 valence electrons. The molecule has 3 rings (SSSR count). The van der Waals surface area contributed by atoms with Gasteiger partial charge in [-0.15, -0.1) is 0 Å². The first kappa shape index (κ1) is 6.95. The van der Waals surface area contributed by atoms with Crippen LogP contribution in [0.4, 0.5) is 5.69 Å². The van der Waals surface area contributed by atoms with E-state index < -0.39 is 0 Å². The molecular formula is C10H11N3. The Bertz CT molecular complexity index is 454. The van der Waals surface area contributed by atoms with Crippen LogP contribution in [0, 0.1) is 0 Å². The van der Waals surface area contributed by atoms with Crippen LogP contribution in [0.2, 0.25) is 0 Å². The van der Waals surface area contributed by atoms with Gasteiger partial charge in [-0.1, -0.05) is 0 Å². The minimum atomic E-state index is 0.673. The number of pyridine rings is 1. The molecule has 1 saturated carbocycles. The molecule has 2 N–H and O–H groups in total. The Labute approximate surface area is 76.2 Å². The molecule has 0 unspecified atom stereocenters. The lowest BCUT2D eigenvalue weighted by atomic mass is 10.3. The van der Waals surface area contributed by atoms with Crippen LogP contribution >= 0.6 is 0 Å². The Hall–Kier alpha value is -1.51. The number of fused-ring (bicyclic) bond motifs is 1. The van der Waals surface area contributed by atoms with E-state index in [-0.39, 0.29) is 0 Å². The van der Waals surface area contributed by atoms with E-state index in [1.54, 1.807) is 6.20 Å². The van der Waals surface area contributed by atoms with Crippen LogP contribution in [0.3, 0.4) is 0 Å². The third-order valence-electron chi connectivity index (χ3n) is 2.59. The predicted octanol–water partition coefficient (Wildman–Crippen LogP) is 1.95. The van der Waals surface area contributed by atoms with Gasteiger partial charge in [-0.05, 0) is 25.0 Å². The van der Waals surface area contributed by atoms with Gasteiger partial charge in [-0.2, -0.15) is 0 Å². The van der Waals surface area contributed by atoms with Crippen molar-refractivity contribution < 1.29 is 0 Å². The van der Waals surface area contributed by atoms with Crippen molar-refractivity contribution in [3.05, 3.63) is 24.5 Å². The summed E-state index contributed by atoms with van der Waals surface area (Å²) in [6.45, 7) is 0. The van der Waals surface area contributed by atoms with Crippen molar-refractivity contribution in [2.75, 3.05) is 5.73 Å². The van der Waals surface area contributed by atoms with Crippen LogP contribution in [0.15, 0.2) is 24.5 Å². The molecule has 0 amide bonds. The number of nitrogen functional groups attached to an aromatic ring is 1. The highest BCUT2D eigenvalue weighted by atomic mass is 15.1. The third kappa shape index (κ3) is 0.932. The van der Waals surface area contributed by atoms with Crippen molar-refractivity contribution in [1.82, 2.24) is 9.55 Å². The molecule has 3 nitrogen and oxygen atoms in total. The summed E-state index contributed by atoms with van der Waals surface area (Å²) in [4.78, 5) is 4.35. The lowest BCUT2D eigenvalue weighted by Crippen LogP contribution is -1.94. The SMILES string of the molecule is Nc1ccnc2c1ccn2C1CC1. The van der Waals surface area contributed by atoms with Gasteiger partial charge in [0, 0.05) is 29.5 Å². The smallest absolute Gasteiger partial charge is 0.142 e. The van der Waals surface area contributed by atoms with Crippen molar-refractivity contribution >= 4 is 16.7 Å². The number of anilines is 1. The first-order chi connectivity index (χ1) is 6.36. The summed E-state index contributed by atoms with van der Waals surface area (Å²) >= 11 is 0. The number of nitrogens with zero attached hydrogens (tertiary/aromatic N) is 2. The molecule has 1 fully saturated rings. The fourth-order valence-electron chi connectivity index (χ4n) is 1.73. The minimum Gasteiger partial charge on any atom is -0.398 e. The van der Waals surface area contributed by atoms with Crippen molar-refractivity contribution in [2.24, 2.45) is 0 Å². The topological polar surface area (TPSA) is 43.8 Å². The highest BCUT2D eigenvalue weighted by Gasteiger charge is 2.24. The Balaban J connectivity index is 2.32. The summed E-state index contributed by atoms with van der Waals surface area (Å²) in [6.07, 6.45) is 6.42. The second-order valence-corrected chi connectivity index (χ2v) is 3.59. The summed E-state index contributed by atoms with van der Waals surface area (Å²) in [5, 5.41) is 1.08. The molecule has 0 atom stereocenters. The molecule has 0 spiro atoms. The molecule has 2 aromatic heterocycles. The average Bonchev–Trinajstić information content (AvgIpc) is 2.87. The van der Waals surface area contributed by atoms with Gasteiger partial charge in [0.25, 0.3) is 0 Å². The average molecular weight is 173 g/mol. The lowest BCUT2D eigenvalue weighted by Gasteiger charge is -2.01. The Kier molecular flexibility index (Phi) is 1.20. The van der Waals surface area contributed by atoms with E-state index in [0.717, 1.165) is 16.7 Å². The summed E-state index contributed by atoms with van der Waals surface area (Å²) in [6, 6.07) is 4.57. The zero-order valence-corrected chi connectivity index (χ0v) is 7.27. The molecule has 2 aromatic rings. The molecule has 0 saturated heterocycles. The lowest BCUT2D eigenvalue weighted by molar-refractivity contribution is 0.766. The molecule has 1 aliphatic carbocycles. The first-order valence-corrected chi connectivity index (χ1v) is 4.57. The normalized spacial score (nSPS) is 16.6. The molecule has 0 aliphatic heterocycles. The summed E-state index contributed by atoms with van der Waals surface area (Å²) < 4.78 is 2.23. The van der Waals surface area contributed by atoms with Gasteiger partial charge in [-0.25, -0.2) is 4.98 Å². The number of hydrogen-bond donors (Lipinski definition) is 1. The first-order valence-electron chi connectivity index (χ1n) is 4.57. The fourth-order valence-corrected chi connectivity index (χ4v) is 1.73. The van der Waals surface area contributed by atoms with Crippen LogP contribution in [0.5, 0.6) is 0 Å². The van der Waals surface area contributed by atoms with E-state index in [2.05, 4.69) is 21.8 Å². The maximum absolute atomic E-state index is 5.84. The zero-order valence-electron chi connectivity index (χ0n) is 7.27. The van der Waals surface area contributed by atoms with Gasteiger partial charge in [0.15, 0.2) is 0 Å². The van der Waals surface area contributed by atoms with Crippen LogP contribution in [-0.4, -0.2) is 9.55 Å². The van der Waals surface area contributed by atoms with Gasteiger partial charge in [-0.3, -0.25) is 0 Å². The van der Waals surface area contributed by atoms with Crippen molar-refractivity contribution in [2.45, 2.75) is 18.9 Å². The Morgan fingerprint density at radius 1 is 1.38 bits per heavy atom. The van der Waals surface area contributed by atoms with Crippen LogP contribution in [0.25, 0.3) is 11.0 Å². The highest BCUT2D eigenvalue weighted by molar-refractivity contribution is 5.88. The van der Waals surface area contributed by atoms with E-state index in [1.165, 1.54) is 12.8 Å². The number of aromatic nitrogens is 2. The number of hydrogen-bond acceptors (Lipinski definition) is 2. The Morgan fingerprint density at radius 3 is 3.00 bits per heavy atom. The van der Waals surface area contributed by atoms with E-state index >= 15 is 0 Å². The summed E-state index contributed by atoms with van der Waals surface area (Å²) in [7, 11) is 0. The number of rotatable bonds is 1. The standard InChI is InChI=1S/C10H11N3/c11-9-3-5-12-10-8(9)4-6-13(10)7-1-2-7/h3-7H,1-2H2,(H2,11,12). The minimum absolute atomic E-state index is 0.673. The predicted molar refractivity (Wildman–Crippen MR) is 52.4 cm³/mol. The molecular weight excluding hydrogens is 162 g/mol. The second-order valence-electron chi connectivity index (χ2n) is 3.59. The third-order valence-corrected chi connectivity index (χ3v) is 2.59. The van der Waals surface area contributed by atoms with Crippen molar-refractivity contribution in [3.8, 4) is 0 Å². The van der Waals surface area contributed by atoms with Gasteiger partial charge in [0.2, 0.25) is 0 Å². The van der Waals surface area contributed by atoms with Gasteiger partial charge in [0.05, 0.1) is 0 Å².